The van der Waals surface area contributed by atoms with Crippen LogP contribution in [0.5, 0.6) is 0 Å². The highest BCUT2D eigenvalue weighted by Crippen LogP contribution is 2.27. The average molecular weight is 247 g/mol. The summed E-state index contributed by atoms with van der Waals surface area (Å²) in [4.78, 5) is 11.8. The number of hydrogen-bond acceptors (Lipinski definition) is 3. The monoisotopic (exact) mass is 247 g/mol. The Morgan fingerprint density at radius 3 is 2.82 bits per heavy atom. The van der Waals surface area contributed by atoms with Gasteiger partial charge in [-0.2, -0.15) is 0 Å². The molecule has 4 heteroatoms. The maximum absolute atomic E-state index is 10.6. The molecule has 0 radical (unpaired) electrons. The van der Waals surface area contributed by atoms with E-state index in [-0.39, 0.29) is 6.42 Å². The number of nitrogens with two attached hydrogens (primary N) is 1. The van der Waals surface area contributed by atoms with Crippen molar-refractivity contribution < 1.29 is 9.90 Å². The largest absolute Gasteiger partial charge is 0.481 e. The minimum absolute atomic E-state index is 0.0477. The highest BCUT2D eigenvalue weighted by Gasteiger charge is 2.11. The lowest BCUT2D eigenvalue weighted by Gasteiger charge is -2.10. The van der Waals surface area contributed by atoms with E-state index in [1.807, 2.05) is 41.8 Å². The smallest absolute Gasteiger partial charge is 0.305 e. The van der Waals surface area contributed by atoms with Gasteiger partial charge in [-0.3, -0.25) is 4.79 Å². The Bertz CT molecular complexity index is 508. The first-order valence-corrected chi connectivity index (χ1v) is 6.16. The number of hydrogen-bond donors (Lipinski definition) is 2. The third-order valence-electron chi connectivity index (χ3n) is 2.52. The van der Waals surface area contributed by atoms with Crippen LogP contribution in [-0.2, 0) is 4.79 Å². The molecule has 0 saturated heterocycles. The molecule has 0 unspecified atom stereocenters. The van der Waals surface area contributed by atoms with Gasteiger partial charge >= 0.3 is 5.97 Å². The predicted octanol–water partition coefficient (Wildman–Crippen LogP) is 2.89. The molecule has 0 aliphatic heterocycles. The molecular weight excluding hydrogens is 234 g/mol. The second kappa shape index (κ2) is 5.12. The lowest BCUT2D eigenvalue weighted by atomic mass is 10.0. The number of rotatable bonds is 4. The summed E-state index contributed by atoms with van der Waals surface area (Å²) in [6, 6.07) is 11.3. The lowest BCUT2D eigenvalue weighted by Crippen LogP contribution is -2.14. The first-order chi connectivity index (χ1) is 8.16. The van der Waals surface area contributed by atoms with E-state index < -0.39 is 12.0 Å². The van der Waals surface area contributed by atoms with E-state index in [4.69, 9.17) is 10.8 Å². The Morgan fingerprint density at radius 1 is 1.35 bits per heavy atom. The first kappa shape index (κ1) is 11.8. The van der Waals surface area contributed by atoms with Crippen molar-refractivity contribution >= 4 is 17.3 Å². The van der Waals surface area contributed by atoms with E-state index in [0.29, 0.717) is 0 Å². The molecule has 17 heavy (non-hydrogen) atoms. The van der Waals surface area contributed by atoms with Crippen LogP contribution in [0.15, 0.2) is 41.8 Å². The molecular formula is C13H13NO2S. The fourth-order valence-electron chi connectivity index (χ4n) is 1.67. The van der Waals surface area contributed by atoms with Crippen molar-refractivity contribution in [3.05, 3.63) is 47.3 Å². The van der Waals surface area contributed by atoms with Crippen molar-refractivity contribution in [1.82, 2.24) is 0 Å². The normalized spacial score (nSPS) is 12.3. The molecule has 0 spiro atoms. The van der Waals surface area contributed by atoms with E-state index in [2.05, 4.69) is 0 Å². The maximum atomic E-state index is 10.6. The first-order valence-electron chi connectivity index (χ1n) is 5.28. The predicted molar refractivity (Wildman–Crippen MR) is 68.9 cm³/mol. The zero-order valence-electron chi connectivity index (χ0n) is 9.17. The molecule has 3 nitrogen and oxygen atoms in total. The summed E-state index contributed by atoms with van der Waals surface area (Å²) in [5.41, 5.74) is 7.78. The summed E-state index contributed by atoms with van der Waals surface area (Å²) < 4.78 is 0. The van der Waals surface area contributed by atoms with Gasteiger partial charge in [-0.1, -0.05) is 24.3 Å². The van der Waals surface area contributed by atoms with Gasteiger partial charge in [0, 0.05) is 10.9 Å². The molecule has 0 saturated carbocycles. The fraction of sp³-hybridized carbons (Fsp3) is 0.154. The zero-order chi connectivity index (χ0) is 12.3. The lowest BCUT2D eigenvalue weighted by molar-refractivity contribution is -0.137. The van der Waals surface area contributed by atoms with E-state index in [1.165, 1.54) is 0 Å². The van der Waals surface area contributed by atoms with Crippen LogP contribution in [0.3, 0.4) is 0 Å². The van der Waals surface area contributed by atoms with Crippen molar-refractivity contribution in [3.8, 4) is 10.4 Å². The standard InChI is InChI=1S/C13H13NO2S/c14-11(8-13(15)16)9-3-1-4-10(7-9)12-5-2-6-17-12/h1-7,11H,8,14H2,(H,15,16)/t11-/m0/s1. The van der Waals surface area contributed by atoms with Gasteiger partial charge in [0.1, 0.15) is 0 Å². The Hall–Kier alpha value is -1.65. The van der Waals surface area contributed by atoms with Crippen molar-refractivity contribution in [2.24, 2.45) is 5.73 Å². The number of carbonyl (C=O) groups is 1. The molecule has 1 atom stereocenters. The number of thiophene rings is 1. The summed E-state index contributed by atoms with van der Waals surface area (Å²) in [6.45, 7) is 0. The second-order valence-corrected chi connectivity index (χ2v) is 4.75. The van der Waals surface area contributed by atoms with E-state index in [1.54, 1.807) is 11.3 Å². The van der Waals surface area contributed by atoms with E-state index in [0.717, 1.165) is 16.0 Å². The van der Waals surface area contributed by atoms with Gasteiger partial charge in [0.05, 0.1) is 6.42 Å². The average Bonchev–Trinajstić information content (AvgIpc) is 2.82. The van der Waals surface area contributed by atoms with Crippen LogP contribution in [0.4, 0.5) is 0 Å². The number of benzene rings is 1. The molecule has 2 aromatic rings. The summed E-state index contributed by atoms with van der Waals surface area (Å²) >= 11 is 1.65. The van der Waals surface area contributed by atoms with Gasteiger partial charge in [-0.15, -0.1) is 11.3 Å². The zero-order valence-corrected chi connectivity index (χ0v) is 9.98. The van der Waals surface area contributed by atoms with Gasteiger partial charge < -0.3 is 10.8 Å². The molecule has 0 bridgehead atoms. The molecule has 0 aliphatic rings. The molecule has 1 heterocycles. The topological polar surface area (TPSA) is 63.3 Å². The van der Waals surface area contributed by atoms with Gasteiger partial charge in [-0.05, 0) is 28.6 Å². The van der Waals surface area contributed by atoms with E-state index >= 15 is 0 Å². The minimum atomic E-state index is -0.876. The summed E-state index contributed by atoms with van der Waals surface area (Å²) in [5, 5.41) is 10.7. The second-order valence-electron chi connectivity index (χ2n) is 3.81. The molecule has 0 amide bonds. The van der Waals surface area contributed by atoms with E-state index in [9.17, 15) is 4.79 Å². The van der Waals surface area contributed by atoms with Crippen molar-refractivity contribution in [1.29, 1.82) is 0 Å². The van der Waals surface area contributed by atoms with Crippen LogP contribution in [0.1, 0.15) is 18.0 Å². The molecule has 2 rings (SSSR count). The van der Waals surface area contributed by atoms with Crippen molar-refractivity contribution in [2.45, 2.75) is 12.5 Å². The summed E-state index contributed by atoms with van der Waals surface area (Å²) in [6.07, 6.45) is -0.0477. The molecule has 1 aromatic heterocycles. The van der Waals surface area contributed by atoms with Gasteiger partial charge in [0.2, 0.25) is 0 Å². The van der Waals surface area contributed by atoms with Crippen LogP contribution in [0.2, 0.25) is 0 Å². The Labute approximate surface area is 104 Å². The van der Waals surface area contributed by atoms with Crippen molar-refractivity contribution in [2.75, 3.05) is 0 Å². The highest BCUT2D eigenvalue weighted by molar-refractivity contribution is 7.13. The van der Waals surface area contributed by atoms with Crippen molar-refractivity contribution in [3.63, 3.8) is 0 Å². The number of carboxylic acids is 1. The third kappa shape index (κ3) is 2.93. The quantitative estimate of drug-likeness (QED) is 0.873. The SMILES string of the molecule is N[C@@H](CC(=O)O)c1cccc(-c2cccs2)c1. The van der Waals surface area contributed by atoms with Crippen LogP contribution >= 0.6 is 11.3 Å². The number of carboxylic acid groups (broad SMARTS) is 1. The molecule has 3 N–H and O–H groups in total. The van der Waals surface area contributed by atoms with Gasteiger partial charge in [-0.25, -0.2) is 0 Å². The summed E-state index contributed by atoms with van der Waals surface area (Å²) in [5.74, 6) is -0.876. The summed E-state index contributed by atoms with van der Waals surface area (Å²) in [7, 11) is 0. The maximum Gasteiger partial charge on any atom is 0.305 e. The number of aliphatic carboxylic acids is 1. The van der Waals surface area contributed by atoms with Crippen LogP contribution < -0.4 is 5.73 Å². The van der Waals surface area contributed by atoms with Gasteiger partial charge in [0.25, 0.3) is 0 Å². The van der Waals surface area contributed by atoms with Crippen LogP contribution in [0, 0.1) is 0 Å². The van der Waals surface area contributed by atoms with Crippen LogP contribution in [-0.4, -0.2) is 11.1 Å². The molecule has 0 aliphatic carbocycles. The fourth-order valence-corrected chi connectivity index (χ4v) is 2.40. The minimum Gasteiger partial charge on any atom is -0.481 e. The Balaban J connectivity index is 2.25. The highest BCUT2D eigenvalue weighted by atomic mass is 32.1. The molecule has 88 valence electrons. The van der Waals surface area contributed by atoms with Crippen LogP contribution in [0.25, 0.3) is 10.4 Å². The molecule has 1 aromatic carbocycles. The Morgan fingerprint density at radius 2 is 2.18 bits per heavy atom. The molecule has 0 fully saturated rings. The van der Waals surface area contributed by atoms with Gasteiger partial charge in [0.15, 0.2) is 0 Å². The Kier molecular flexibility index (Phi) is 3.56. The third-order valence-corrected chi connectivity index (χ3v) is 3.43.